The van der Waals surface area contributed by atoms with Gasteiger partial charge in [-0.1, -0.05) is 32.9 Å². The minimum atomic E-state index is 0. The third kappa shape index (κ3) is 4.62. The van der Waals surface area contributed by atoms with Crippen LogP contribution in [-0.4, -0.2) is 37.0 Å². The molecule has 1 unspecified atom stereocenters. The SMILES string of the molecule is CC(C)c1ccc(OCC(=O)N2CCC(C)(CN)C2)cc1.Cl. The number of hydrogen-bond donors (Lipinski definition) is 1. The predicted molar refractivity (Wildman–Crippen MR) is 91.6 cm³/mol. The van der Waals surface area contributed by atoms with Crippen molar-refractivity contribution in [2.24, 2.45) is 11.1 Å². The Labute approximate surface area is 139 Å². The standard InChI is InChI=1S/C17H26N2O2.ClH/c1-13(2)14-4-6-15(7-5-14)21-10-16(20)19-9-8-17(3,11-18)12-19;/h4-7,13H,8-12,18H2,1-3H3;1H. The zero-order chi connectivity index (χ0) is 15.5. The number of amides is 1. The Bertz CT molecular complexity index is 490. The lowest BCUT2D eigenvalue weighted by Gasteiger charge is -2.22. The molecule has 2 rings (SSSR count). The molecule has 2 N–H and O–H groups in total. The molecule has 1 saturated heterocycles. The Morgan fingerprint density at radius 3 is 2.50 bits per heavy atom. The molecule has 1 aromatic rings. The Balaban J connectivity index is 0.00000242. The first-order valence-electron chi connectivity index (χ1n) is 7.64. The summed E-state index contributed by atoms with van der Waals surface area (Å²) >= 11 is 0. The van der Waals surface area contributed by atoms with Crippen molar-refractivity contribution in [1.82, 2.24) is 4.90 Å². The van der Waals surface area contributed by atoms with E-state index >= 15 is 0 Å². The molecule has 1 amide bonds. The molecule has 0 bridgehead atoms. The number of nitrogens with two attached hydrogens (primary N) is 1. The lowest BCUT2D eigenvalue weighted by atomic mass is 9.90. The second-order valence-corrected chi connectivity index (χ2v) is 6.59. The van der Waals surface area contributed by atoms with Crippen LogP contribution in [0.25, 0.3) is 0 Å². The van der Waals surface area contributed by atoms with Crippen LogP contribution in [0.3, 0.4) is 0 Å². The first-order chi connectivity index (χ1) is 9.93. The van der Waals surface area contributed by atoms with Gasteiger partial charge in [0.25, 0.3) is 5.91 Å². The first kappa shape index (κ1) is 18.8. The summed E-state index contributed by atoms with van der Waals surface area (Å²) in [4.78, 5) is 14.0. The maximum Gasteiger partial charge on any atom is 0.260 e. The smallest absolute Gasteiger partial charge is 0.260 e. The summed E-state index contributed by atoms with van der Waals surface area (Å²) in [6.45, 7) is 8.67. The van der Waals surface area contributed by atoms with Gasteiger partial charge in [-0.15, -0.1) is 12.4 Å². The Kier molecular flexibility index (Phi) is 6.69. The average molecular weight is 327 g/mol. The van der Waals surface area contributed by atoms with Crippen molar-refractivity contribution < 1.29 is 9.53 Å². The van der Waals surface area contributed by atoms with E-state index in [2.05, 4.69) is 20.8 Å². The van der Waals surface area contributed by atoms with Gasteiger partial charge in [0.1, 0.15) is 5.75 Å². The third-order valence-electron chi connectivity index (χ3n) is 4.31. The van der Waals surface area contributed by atoms with Gasteiger partial charge in [-0.2, -0.15) is 0 Å². The quantitative estimate of drug-likeness (QED) is 0.905. The van der Waals surface area contributed by atoms with Gasteiger partial charge in [-0.25, -0.2) is 0 Å². The number of hydrogen-bond acceptors (Lipinski definition) is 3. The third-order valence-corrected chi connectivity index (χ3v) is 4.31. The van der Waals surface area contributed by atoms with Gasteiger partial charge in [0, 0.05) is 13.1 Å². The van der Waals surface area contributed by atoms with Crippen LogP contribution in [0.4, 0.5) is 0 Å². The van der Waals surface area contributed by atoms with E-state index in [1.54, 1.807) is 0 Å². The number of ether oxygens (including phenoxy) is 1. The zero-order valence-corrected chi connectivity index (χ0v) is 14.5. The molecule has 5 heteroatoms. The van der Waals surface area contributed by atoms with Crippen LogP contribution in [-0.2, 0) is 4.79 Å². The maximum atomic E-state index is 12.2. The molecular formula is C17H27ClN2O2. The number of nitrogens with zero attached hydrogens (tertiary/aromatic N) is 1. The highest BCUT2D eigenvalue weighted by molar-refractivity contribution is 5.85. The van der Waals surface area contributed by atoms with Gasteiger partial charge >= 0.3 is 0 Å². The summed E-state index contributed by atoms with van der Waals surface area (Å²) in [5, 5.41) is 0. The Morgan fingerprint density at radius 2 is 2.00 bits per heavy atom. The highest BCUT2D eigenvalue weighted by Crippen LogP contribution is 2.28. The maximum absolute atomic E-state index is 12.2. The van der Waals surface area contributed by atoms with Crippen molar-refractivity contribution in [3.63, 3.8) is 0 Å². The predicted octanol–water partition coefficient (Wildman–Crippen LogP) is 2.81. The number of likely N-dealkylation sites (tertiary alicyclic amines) is 1. The monoisotopic (exact) mass is 326 g/mol. The van der Waals surface area contributed by atoms with Crippen LogP contribution >= 0.6 is 12.4 Å². The molecule has 0 aromatic heterocycles. The van der Waals surface area contributed by atoms with Gasteiger partial charge in [0.2, 0.25) is 0 Å². The summed E-state index contributed by atoms with van der Waals surface area (Å²) in [5.41, 5.74) is 7.10. The molecule has 1 fully saturated rings. The van der Waals surface area contributed by atoms with Crippen molar-refractivity contribution >= 4 is 18.3 Å². The van der Waals surface area contributed by atoms with E-state index in [-0.39, 0.29) is 30.3 Å². The summed E-state index contributed by atoms with van der Waals surface area (Å²) in [5.74, 6) is 1.29. The molecule has 22 heavy (non-hydrogen) atoms. The van der Waals surface area contributed by atoms with Gasteiger partial charge < -0.3 is 15.4 Å². The van der Waals surface area contributed by atoms with Crippen molar-refractivity contribution in [2.75, 3.05) is 26.2 Å². The number of rotatable bonds is 5. The van der Waals surface area contributed by atoms with Gasteiger partial charge in [0.05, 0.1) is 0 Å². The molecule has 1 aliphatic rings. The summed E-state index contributed by atoms with van der Waals surface area (Å²) in [6.07, 6.45) is 0.971. The molecule has 0 saturated carbocycles. The Hall–Kier alpha value is -1.26. The van der Waals surface area contributed by atoms with Crippen molar-refractivity contribution in [2.45, 2.75) is 33.1 Å². The fraction of sp³-hybridized carbons (Fsp3) is 0.588. The lowest BCUT2D eigenvalue weighted by molar-refractivity contribution is -0.132. The minimum Gasteiger partial charge on any atom is -0.484 e. The number of carbonyl (C=O) groups excluding carboxylic acids is 1. The van der Waals surface area contributed by atoms with Gasteiger partial charge in [-0.05, 0) is 42.0 Å². The summed E-state index contributed by atoms with van der Waals surface area (Å²) < 4.78 is 5.59. The van der Waals surface area contributed by atoms with E-state index in [0.29, 0.717) is 12.5 Å². The zero-order valence-electron chi connectivity index (χ0n) is 13.7. The molecule has 1 atom stereocenters. The minimum absolute atomic E-state index is 0. The van der Waals surface area contributed by atoms with Crippen molar-refractivity contribution in [3.05, 3.63) is 29.8 Å². The van der Waals surface area contributed by atoms with E-state index in [1.165, 1.54) is 5.56 Å². The average Bonchev–Trinajstić information content (AvgIpc) is 2.88. The topological polar surface area (TPSA) is 55.6 Å². The fourth-order valence-electron chi connectivity index (χ4n) is 2.59. The van der Waals surface area contributed by atoms with Gasteiger partial charge in [-0.3, -0.25) is 4.79 Å². The van der Waals surface area contributed by atoms with Crippen LogP contribution in [0.2, 0.25) is 0 Å². The summed E-state index contributed by atoms with van der Waals surface area (Å²) in [6, 6.07) is 7.95. The molecular weight excluding hydrogens is 300 g/mol. The van der Waals surface area contributed by atoms with Crippen LogP contribution in [0.1, 0.15) is 38.7 Å². The molecule has 0 spiro atoms. The number of benzene rings is 1. The van der Waals surface area contributed by atoms with Gasteiger partial charge in [0.15, 0.2) is 6.61 Å². The molecule has 4 nitrogen and oxygen atoms in total. The van der Waals surface area contributed by atoms with E-state index in [0.717, 1.165) is 25.3 Å². The van der Waals surface area contributed by atoms with Crippen molar-refractivity contribution in [3.8, 4) is 5.75 Å². The number of halogens is 1. The normalized spacial score (nSPS) is 20.9. The van der Waals surface area contributed by atoms with E-state index < -0.39 is 0 Å². The molecule has 0 radical (unpaired) electrons. The fourth-order valence-corrected chi connectivity index (χ4v) is 2.59. The molecule has 1 aromatic carbocycles. The van der Waals surface area contributed by atoms with Crippen molar-refractivity contribution in [1.29, 1.82) is 0 Å². The molecule has 124 valence electrons. The largest absolute Gasteiger partial charge is 0.484 e. The van der Waals surface area contributed by atoms with E-state index in [4.69, 9.17) is 10.5 Å². The second-order valence-electron chi connectivity index (χ2n) is 6.59. The van der Waals surface area contributed by atoms with Crippen LogP contribution < -0.4 is 10.5 Å². The molecule has 1 aliphatic heterocycles. The lowest BCUT2D eigenvalue weighted by Crippen LogP contribution is -2.36. The van der Waals surface area contributed by atoms with E-state index in [9.17, 15) is 4.79 Å². The highest BCUT2D eigenvalue weighted by Gasteiger charge is 2.34. The van der Waals surface area contributed by atoms with E-state index in [1.807, 2.05) is 29.2 Å². The highest BCUT2D eigenvalue weighted by atomic mass is 35.5. The van der Waals surface area contributed by atoms with Crippen LogP contribution in [0.15, 0.2) is 24.3 Å². The Morgan fingerprint density at radius 1 is 1.36 bits per heavy atom. The first-order valence-corrected chi connectivity index (χ1v) is 7.64. The van der Waals surface area contributed by atoms with Crippen LogP contribution in [0, 0.1) is 5.41 Å². The van der Waals surface area contributed by atoms with Crippen LogP contribution in [0.5, 0.6) is 5.75 Å². The number of carbonyl (C=O) groups is 1. The molecule has 0 aliphatic carbocycles. The summed E-state index contributed by atoms with van der Waals surface area (Å²) in [7, 11) is 0. The second kappa shape index (κ2) is 7.84. The molecule has 1 heterocycles.